The molecule has 15 nitrogen and oxygen atoms in total. The number of hydrogen-bond donors (Lipinski definition) is 3. The Balaban J connectivity index is 0.000000148. The Morgan fingerprint density at radius 2 is 1.04 bits per heavy atom. The second-order valence-corrected chi connectivity index (χ2v) is 38.1. The van der Waals surface area contributed by atoms with Crippen LogP contribution in [0.4, 0.5) is 30.2 Å². The topological polar surface area (TPSA) is 214 Å². The molecule has 6 N–H and O–H groups in total. The number of benzene rings is 3. The van der Waals surface area contributed by atoms with E-state index in [-0.39, 0.29) is 29.6 Å². The van der Waals surface area contributed by atoms with Crippen LogP contribution < -0.4 is 39.8 Å². The molecular formula is C55H55BClF3N10O5S4Sn. The zero-order valence-corrected chi connectivity index (χ0v) is 51.3. The summed E-state index contributed by atoms with van der Waals surface area (Å²) in [6.07, 6.45) is 8.32. The van der Waals surface area contributed by atoms with E-state index in [4.69, 9.17) is 52.3 Å². The molecule has 1 aliphatic rings. The second kappa shape index (κ2) is 28.6. The Morgan fingerprint density at radius 3 is 1.46 bits per heavy atom. The molecule has 25 heteroatoms. The predicted molar refractivity (Wildman–Crippen MR) is 320 cm³/mol. The normalized spacial score (nSPS) is 12.5. The fourth-order valence-corrected chi connectivity index (χ4v) is 13.9. The minimum atomic E-state index is -1.74. The molecule has 0 unspecified atom stereocenters. The van der Waals surface area contributed by atoms with E-state index in [0.29, 0.717) is 39.7 Å². The van der Waals surface area contributed by atoms with Gasteiger partial charge >= 0.3 is 77.8 Å². The molecular weight excluding hydrogens is 1230 g/mol. The first-order valence-electron chi connectivity index (χ1n) is 24.3. The Labute approximate surface area is 487 Å². The molecule has 11 rings (SSSR count). The molecule has 7 aromatic heterocycles. The molecule has 1 fully saturated rings. The first kappa shape index (κ1) is 60.9. The van der Waals surface area contributed by atoms with Gasteiger partial charge in [-0.25, -0.2) is 26.9 Å². The van der Waals surface area contributed by atoms with Crippen molar-refractivity contribution in [1.82, 2.24) is 32.4 Å². The smallest absolute Gasteiger partial charge is 0.149 e. The Hall–Kier alpha value is -6.71. The van der Waals surface area contributed by atoms with Crippen LogP contribution in [-0.4, -0.2) is 71.2 Å². The first-order valence-corrected chi connectivity index (χ1v) is 37.9. The van der Waals surface area contributed by atoms with E-state index < -0.39 is 35.8 Å². The summed E-state index contributed by atoms with van der Waals surface area (Å²) in [7, 11) is -0.202. The number of aryl methyl sites for hydroxylation is 2. The molecule has 80 heavy (non-hydrogen) atoms. The van der Waals surface area contributed by atoms with Crippen molar-refractivity contribution in [3.05, 3.63) is 179 Å². The number of rotatable bonds is 10. The summed E-state index contributed by atoms with van der Waals surface area (Å²) in [5.74, 6) is 1.26. The third kappa shape index (κ3) is 19.0. The van der Waals surface area contributed by atoms with Crippen LogP contribution in [0, 0.1) is 36.7 Å². The van der Waals surface area contributed by atoms with Gasteiger partial charge in [0.2, 0.25) is 0 Å². The van der Waals surface area contributed by atoms with Gasteiger partial charge in [0.15, 0.2) is 0 Å². The quantitative estimate of drug-likeness (QED) is 0.0660. The van der Waals surface area contributed by atoms with Gasteiger partial charge in [-0.2, -0.15) is 4.37 Å². The van der Waals surface area contributed by atoms with E-state index in [1.165, 1.54) is 89.0 Å². The molecule has 10 aromatic rings. The summed E-state index contributed by atoms with van der Waals surface area (Å²) in [6.45, 7) is 9.75. The molecule has 0 saturated carbocycles. The average Bonchev–Trinajstić information content (AvgIpc) is 4.29. The monoisotopic (exact) mass is 1290 g/mol. The third-order valence-electron chi connectivity index (χ3n) is 10.7. The number of nitrogen functional groups attached to an aromatic ring is 3. The number of aromatic nitrogens is 7. The molecule has 0 aliphatic carbocycles. The summed E-state index contributed by atoms with van der Waals surface area (Å²) >= 11 is 9.80. The number of halogens is 4. The van der Waals surface area contributed by atoms with Gasteiger partial charge in [0.1, 0.15) is 57.1 Å². The van der Waals surface area contributed by atoms with E-state index in [2.05, 4.69) is 74.1 Å². The number of nitrogens with two attached hydrogens (primary N) is 3. The van der Waals surface area contributed by atoms with E-state index in [1.54, 1.807) is 87.7 Å². The van der Waals surface area contributed by atoms with Crippen LogP contribution in [0.2, 0.25) is 20.0 Å². The van der Waals surface area contributed by atoms with Crippen molar-refractivity contribution >= 4 is 109 Å². The maximum atomic E-state index is 13.4. The van der Waals surface area contributed by atoms with Crippen LogP contribution in [0.15, 0.2) is 145 Å². The standard InChI is InChI=1S/C15H12FN3OS.C14H10FN3OS.C11H8ClFN2O.C8H12BNO2S.C4H4NS.3CH3.Sn/c1-9-6-15(21-19-9)14-8-11(4-5-18-14)20-10-2-3-13(17)12(16)7-10;15-12-5-10(1-2-13(12)16)19-11-3-4-17-14(6-11)9-7-18-20-8-9;12-11-6-8(3-4-15-11)16-7-1-2-10(14)9(13)5-7;1-8(2)5-11-9(12-6-8)7-3-10-13-4-7;1-4-2-3-6-5-4;;;;/h2-8H,17H2,1H3;1-8H,16H2;1-6H,14H2;3-4H,5-6H2,1-2H3;2H,1H3;3*1H3;. The van der Waals surface area contributed by atoms with Crippen molar-refractivity contribution in [3.8, 4) is 56.3 Å². The van der Waals surface area contributed by atoms with Gasteiger partial charge in [-0.3, -0.25) is 9.97 Å². The first-order chi connectivity index (χ1) is 38.2. The molecule has 1 aliphatic heterocycles. The minimum absolute atomic E-state index is 0.0834. The van der Waals surface area contributed by atoms with Crippen LogP contribution in [0.25, 0.3) is 21.8 Å². The fourth-order valence-electron chi connectivity index (χ4n) is 6.56. The van der Waals surface area contributed by atoms with Crippen molar-refractivity contribution in [3.63, 3.8) is 0 Å². The molecule has 0 bridgehead atoms. The Morgan fingerprint density at radius 1 is 0.575 bits per heavy atom. The molecule has 0 radical (unpaired) electrons. The maximum absolute atomic E-state index is 13.4. The third-order valence-corrected chi connectivity index (χ3v) is 23.2. The van der Waals surface area contributed by atoms with E-state index >= 15 is 0 Å². The van der Waals surface area contributed by atoms with E-state index in [0.717, 1.165) is 46.2 Å². The van der Waals surface area contributed by atoms with E-state index in [9.17, 15) is 13.2 Å². The summed E-state index contributed by atoms with van der Waals surface area (Å²) in [5, 5.41) is 4.17. The Kier molecular flexibility index (Phi) is 21.8. The van der Waals surface area contributed by atoms with Gasteiger partial charge in [0.25, 0.3) is 0 Å². The number of hydrogen-bond acceptors (Lipinski definition) is 19. The van der Waals surface area contributed by atoms with Crippen molar-refractivity contribution in [2.45, 2.75) is 42.5 Å². The van der Waals surface area contributed by atoms with Crippen LogP contribution in [0.1, 0.15) is 25.2 Å². The molecule has 1 saturated heterocycles. The van der Waals surface area contributed by atoms with Gasteiger partial charge in [-0.1, -0.05) is 25.4 Å². The van der Waals surface area contributed by atoms with Crippen LogP contribution >= 0.6 is 57.7 Å². The van der Waals surface area contributed by atoms with Gasteiger partial charge in [-0.05, 0) is 102 Å². The summed E-state index contributed by atoms with van der Waals surface area (Å²) in [5.41, 5.74) is 22.2. The fraction of sp³-hybridized carbons (Fsp3) is 0.182. The van der Waals surface area contributed by atoms with Crippen LogP contribution in [-0.2, 0) is 9.31 Å². The predicted octanol–water partition coefficient (Wildman–Crippen LogP) is 13.9. The molecule has 0 atom stereocenters. The average molecular weight is 1290 g/mol. The number of ether oxygens (including phenoxy) is 3. The zero-order chi connectivity index (χ0) is 57.4. The van der Waals surface area contributed by atoms with Crippen LogP contribution in [0.5, 0.6) is 34.5 Å². The van der Waals surface area contributed by atoms with Gasteiger partial charge in [0, 0.05) is 102 Å². The van der Waals surface area contributed by atoms with Gasteiger partial charge in [0.05, 0.1) is 45.2 Å². The molecule has 8 heterocycles. The minimum Gasteiger partial charge on any atom is -0.457 e. The van der Waals surface area contributed by atoms with Crippen molar-refractivity contribution in [1.29, 1.82) is 0 Å². The number of pyridine rings is 3. The zero-order valence-electron chi connectivity index (χ0n) is 44.4. The largest absolute Gasteiger partial charge is 0.457 e. The second-order valence-electron chi connectivity index (χ2n) is 19.3. The molecule has 3 aromatic carbocycles. The molecule has 414 valence electrons. The summed E-state index contributed by atoms with van der Waals surface area (Å²) < 4.78 is 85.8. The maximum Gasteiger partial charge on any atom is 0.149 e. The van der Waals surface area contributed by atoms with Gasteiger partial charge < -0.3 is 40.7 Å². The van der Waals surface area contributed by atoms with E-state index in [1.807, 2.05) is 23.8 Å². The van der Waals surface area contributed by atoms with Crippen molar-refractivity contribution in [2.75, 3.05) is 30.4 Å². The van der Waals surface area contributed by atoms with Crippen LogP contribution in [0.3, 0.4) is 0 Å². The van der Waals surface area contributed by atoms with Gasteiger partial charge in [-0.15, -0.1) is 0 Å². The summed E-state index contributed by atoms with van der Waals surface area (Å²) in [4.78, 5) is 20.6. The number of nitrogens with zero attached hydrogens (tertiary/aromatic N) is 7. The summed E-state index contributed by atoms with van der Waals surface area (Å²) in [6, 6.07) is 27.3. The number of anilines is 3. The molecule has 0 amide bonds. The Bertz CT molecular complexity index is 3570. The SMILES string of the molecule is CC1(C)COB(c2cnsc2)OC1.Cc1c[c]([Sn]([CH3])([CH3])[CH3])sn1.Cc1cc(-c2cc(Oc3ccc(N)c(F)c3)ccn2)sn1.Nc1ccc(Oc2ccnc(-c3cnsc3)c2)cc1F.Nc1ccc(Oc2ccnc(Cl)c2)cc1F. The van der Waals surface area contributed by atoms with Crippen molar-refractivity contribution in [2.24, 2.45) is 5.41 Å². The molecule has 0 spiro atoms. The van der Waals surface area contributed by atoms with Crippen molar-refractivity contribution < 1.29 is 36.7 Å².